The van der Waals surface area contributed by atoms with Gasteiger partial charge in [0.25, 0.3) is 0 Å². The van der Waals surface area contributed by atoms with Crippen LogP contribution in [0.1, 0.15) is 16.2 Å². The molecule has 5 heteroatoms. The molecule has 0 radical (unpaired) electrons. The Kier molecular flexibility index (Phi) is 3.67. The first kappa shape index (κ1) is 11.5. The number of ether oxygens (including phenoxy) is 1. The third-order valence-corrected chi connectivity index (χ3v) is 2.31. The van der Waals surface area contributed by atoms with Crippen molar-refractivity contribution in [2.24, 2.45) is 0 Å². The summed E-state index contributed by atoms with van der Waals surface area (Å²) in [5, 5.41) is 0.496. The van der Waals surface area contributed by atoms with Crippen molar-refractivity contribution in [3.05, 3.63) is 53.1 Å². The zero-order valence-electron chi connectivity index (χ0n) is 8.84. The van der Waals surface area contributed by atoms with Gasteiger partial charge in [0.1, 0.15) is 12.4 Å². The largest absolute Gasteiger partial charge is 0.485 e. The normalized spacial score (nSPS) is 9.94. The van der Waals surface area contributed by atoms with Crippen LogP contribution in [0.5, 0.6) is 5.75 Å². The quantitative estimate of drug-likeness (QED) is 0.780. The highest BCUT2D eigenvalue weighted by atomic mass is 35.5. The van der Waals surface area contributed by atoms with Gasteiger partial charge in [0.2, 0.25) is 0 Å². The maximum absolute atomic E-state index is 10.8. The first-order valence-electron chi connectivity index (χ1n) is 4.93. The number of benzene rings is 1. The molecule has 1 heterocycles. The molecule has 2 aromatic rings. The Morgan fingerprint density at radius 3 is 2.76 bits per heavy atom. The number of nitrogens with zero attached hydrogens (tertiary/aromatic N) is 2. The molecular weight excluding hydrogens is 240 g/mol. The zero-order chi connectivity index (χ0) is 12.1. The third-order valence-electron chi connectivity index (χ3n) is 2.07. The average Bonchev–Trinajstić information content (AvgIpc) is 2.38. The summed E-state index contributed by atoms with van der Waals surface area (Å²) in [6, 6.07) is 6.59. The second kappa shape index (κ2) is 5.41. The molecule has 0 amide bonds. The highest BCUT2D eigenvalue weighted by Crippen LogP contribution is 2.21. The number of halogens is 1. The first-order chi connectivity index (χ1) is 8.29. The molecule has 1 aromatic carbocycles. The van der Waals surface area contributed by atoms with Crippen molar-refractivity contribution in [2.75, 3.05) is 0 Å². The summed E-state index contributed by atoms with van der Waals surface area (Å²) >= 11 is 5.77. The molecular formula is C12H9ClN2O2. The molecule has 0 aliphatic heterocycles. The molecule has 0 saturated heterocycles. The zero-order valence-corrected chi connectivity index (χ0v) is 9.59. The predicted octanol–water partition coefficient (Wildman–Crippen LogP) is 2.52. The van der Waals surface area contributed by atoms with E-state index in [1.165, 1.54) is 0 Å². The van der Waals surface area contributed by atoms with E-state index in [0.29, 0.717) is 28.4 Å². The van der Waals surface area contributed by atoms with E-state index in [0.717, 1.165) is 0 Å². The lowest BCUT2D eigenvalue weighted by molar-refractivity contribution is 0.111. The fourth-order valence-corrected chi connectivity index (χ4v) is 1.47. The standard InChI is InChI=1S/C12H9ClN2O2/c13-10-2-3-11(9(6-10)7-16)17-8-12-14-4-1-5-15-12/h1-7H,8H2. The van der Waals surface area contributed by atoms with Gasteiger partial charge in [-0.15, -0.1) is 0 Å². The van der Waals surface area contributed by atoms with E-state index < -0.39 is 0 Å². The number of carbonyl (C=O) groups excluding carboxylic acids is 1. The fraction of sp³-hybridized carbons (Fsp3) is 0.0833. The van der Waals surface area contributed by atoms with E-state index in [9.17, 15) is 4.79 Å². The van der Waals surface area contributed by atoms with E-state index >= 15 is 0 Å². The molecule has 2 rings (SSSR count). The van der Waals surface area contributed by atoms with Crippen LogP contribution in [0.25, 0.3) is 0 Å². The van der Waals surface area contributed by atoms with E-state index in [4.69, 9.17) is 16.3 Å². The Hall–Kier alpha value is -1.94. The van der Waals surface area contributed by atoms with Gasteiger partial charge in [0, 0.05) is 17.4 Å². The molecule has 0 unspecified atom stereocenters. The minimum absolute atomic E-state index is 0.212. The van der Waals surface area contributed by atoms with Crippen molar-refractivity contribution in [3.63, 3.8) is 0 Å². The molecule has 0 aliphatic carbocycles. The molecule has 86 valence electrons. The smallest absolute Gasteiger partial charge is 0.166 e. The summed E-state index contributed by atoms with van der Waals surface area (Å²) in [4.78, 5) is 18.9. The number of hydrogen-bond acceptors (Lipinski definition) is 4. The highest BCUT2D eigenvalue weighted by molar-refractivity contribution is 6.30. The Balaban J connectivity index is 2.11. The summed E-state index contributed by atoms with van der Waals surface area (Å²) in [6.07, 6.45) is 3.97. The monoisotopic (exact) mass is 248 g/mol. The van der Waals surface area contributed by atoms with Crippen molar-refractivity contribution in [2.45, 2.75) is 6.61 Å². The number of carbonyl (C=O) groups is 1. The van der Waals surface area contributed by atoms with Gasteiger partial charge in [0.15, 0.2) is 12.1 Å². The van der Waals surface area contributed by atoms with Gasteiger partial charge in [-0.3, -0.25) is 4.79 Å². The van der Waals surface area contributed by atoms with Crippen molar-refractivity contribution in [1.29, 1.82) is 0 Å². The van der Waals surface area contributed by atoms with Crippen molar-refractivity contribution < 1.29 is 9.53 Å². The second-order valence-electron chi connectivity index (χ2n) is 3.25. The topological polar surface area (TPSA) is 52.1 Å². The van der Waals surface area contributed by atoms with Gasteiger partial charge in [0.05, 0.1) is 5.56 Å². The lowest BCUT2D eigenvalue weighted by Gasteiger charge is -2.07. The van der Waals surface area contributed by atoms with Crippen molar-refractivity contribution in [1.82, 2.24) is 9.97 Å². The predicted molar refractivity (Wildman–Crippen MR) is 63.2 cm³/mol. The molecule has 0 fully saturated rings. The lowest BCUT2D eigenvalue weighted by Crippen LogP contribution is -2.02. The molecule has 0 bridgehead atoms. The summed E-state index contributed by atoms with van der Waals surface area (Å²) in [5.41, 5.74) is 0.411. The SMILES string of the molecule is O=Cc1cc(Cl)ccc1OCc1ncccn1. The average molecular weight is 249 g/mol. The van der Waals surface area contributed by atoms with Crippen LogP contribution < -0.4 is 4.74 Å². The second-order valence-corrected chi connectivity index (χ2v) is 3.69. The van der Waals surface area contributed by atoms with E-state index in [-0.39, 0.29) is 6.61 Å². The number of hydrogen-bond donors (Lipinski definition) is 0. The van der Waals surface area contributed by atoms with Gasteiger partial charge >= 0.3 is 0 Å². The summed E-state index contributed by atoms with van der Waals surface area (Å²) < 4.78 is 5.45. The molecule has 4 nitrogen and oxygen atoms in total. The molecule has 0 aliphatic rings. The maximum Gasteiger partial charge on any atom is 0.166 e. The minimum Gasteiger partial charge on any atom is -0.485 e. The van der Waals surface area contributed by atoms with E-state index in [1.807, 2.05) is 0 Å². The summed E-state index contributed by atoms with van der Waals surface area (Å²) in [7, 11) is 0. The Bertz CT molecular complexity index is 517. The van der Waals surface area contributed by atoms with Gasteiger partial charge in [-0.05, 0) is 24.3 Å². The Morgan fingerprint density at radius 2 is 2.06 bits per heavy atom. The molecule has 17 heavy (non-hydrogen) atoms. The van der Waals surface area contributed by atoms with Crippen LogP contribution >= 0.6 is 11.6 Å². The number of aldehydes is 1. The summed E-state index contributed by atoms with van der Waals surface area (Å²) in [5.74, 6) is 1.02. The molecule has 0 N–H and O–H groups in total. The lowest BCUT2D eigenvalue weighted by atomic mass is 10.2. The van der Waals surface area contributed by atoms with E-state index in [1.54, 1.807) is 36.7 Å². The van der Waals surface area contributed by atoms with Crippen LogP contribution in [0, 0.1) is 0 Å². The Labute approximate surface area is 103 Å². The van der Waals surface area contributed by atoms with Crippen molar-refractivity contribution in [3.8, 4) is 5.75 Å². The van der Waals surface area contributed by atoms with E-state index in [2.05, 4.69) is 9.97 Å². The highest BCUT2D eigenvalue weighted by Gasteiger charge is 2.04. The molecule has 1 aromatic heterocycles. The van der Waals surface area contributed by atoms with Crippen LogP contribution in [0.2, 0.25) is 5.02 Å². The summed E-state index contributed by atoms with van der Waals surface area (Å²) in [6.45, 7) is 0.212. The number of aromatic nitrogens is 2. The fourth-order valence-electron chi connectivity index (χ4n) is 1.29. The van der Waals surface area contributed by atoms with Crippen molar-refractivity contribution >= 4 is 17.9 Å². The van der Waals surface area contributed by atoms with Crippen LogP contribution in [-0.4, -0.2) is 16.3 Å². The maximum atomic E-state index is 10.8. The molecule has 0 spiro atoms. The third kappa shape index (κ3) is 3.01. The van der Waals surface area contributed by atoms with Crippen LogP contribution in [0.15, 0.2) is 36.7 Å². The van der Waals surface area contributed by atoms with Gasteiger partial charge in [-0.2, -0.15) is 0 Å². The van der Waals surface area contributed by atoms with Gasteiger partial charge in [-0.25, -0.2) is 9.97 Å². The number of rotatable bonds is 4. The van der Waals surface area contributed by atoms with Crippen LogP contribution in [0.4, 0.5) is 0 Å². The van der Waals surface area contributed by atoms with Crippen LogP contribution in [0.3, 0.4) is 0 Å². The molecule has 0 atom stereocenters. The first-order valence-corrected chi connectivity index (χ1v) is 5.31. The molecule has 0 saturated carbocycles. The van der Waals surface area contributed by atoms with Crippen LogP contribution in [-0.2, 0) is 6.61 Å². The minimum atomic E-state index is 0.212. The van der Waals surface area contributed by atoms with Gasteiger partial charge in [-0.1, -0.05) is 11.6 Å². The van der Waals surface area contributed by atoms with Gasteiger partial charge < -0.3 is 4.74 Å². The Morgan fingerprint density at radius 1 is 1.29 bits per heavy atom.